The molecule has 1 unspecified atom stereocenters. The summed E-state index contributed by atoms with van der Waals surface area (Å²) in [4.78, 5) is 12.7. The number of nitrogens with two attached hydrogens (primary N) is 2. The van der Waals surface area contributed by atoms with Gasteiger partial charge in [0.2, 0.25) is 0 Å². The second-order valence-corrected chi connectivity index (χ2v) is 9.45. The quantitative estimate of drug-likeness (QED) is 0.411. The van der Waals surface area contributed by atoms with Crippen molar-refractivity contribution in [1.82, 2.24) is 15.3 Å². The average Bonchev–Trinajstić information content (AvgIpc) is 2.88. The minimum atomic E-state index is -3.54. The molecule has 0 amide bonds. The number of benzene rings is 1. The molecule has 0 saturated carbocycles. The monoisotopic (exact) mass is 528 g/mol. The fraction of sp³-hybridized carbons (Fsp3) is 0.393. The highest BCUT2D eigenvalue weighted by atomic mass is 19.3. The number of hydrogen-bond donors (Lipinski definition) is 3. The number of halogens is 3. The second-order valence-electron chi connectivity index (χ2n) is 9.45. The highest BCUT2D eigenvalue weighted by Gasteiger charge is 2.53. The summed E-state index contributed by atoms with van der Waals surface area (Å²) in [5, 5.41) is 3.07. The average molecular weight is 529 g/mol. The van der Waals surface area contributed by atoms with Gasteiger partial charge in [-0.2, -0.15) is 8.78 Å². The summed E-state index contributed by atoms with van der Waals surface area (Å²) in [6.45, 7) is 11.0. The maximum atomic E-state index is 16.6. The summed E-state index contributed by atoms with van der Waals surface area (Å²) in [5.41, 5.74) is 15.0. The van der Waals surface area contributed by atoms with Crippen LogP contribution in [0.2, 0.25) is 0 Å². The summed E-state index contributed by atoms with van der Waals surface area (Å²) < 4.78 is 52.8. The number of hydrogen-bond acceptors (Lipinski definition) is 7. The Hall–Kier alpha value is -3.82. The van der Waals surface area contributed by atoms with Gasteiger partial charge in [0.15, 0.2) is 5.82 Å². The Morgan fingerprint density at radius 2 is 1.84 bits per heavy atom. The van der Waals surface area contributed by atoms with Crippen molar-refractivity contribution in [2.75, 3.05) is 12.8 Å². The van der Waals surface area contributed by atoms with Gasteiger partial charge < -0.3 is 21.5 Å². The van der Waals surface area contributed by atoms with Crippen LogP contribution in [0.1, 0.15) is 66.0 Å². The lowest BCUT2D eigenvalue weighted by atomic mass is 9.82. The third-order valence-electron chi connectivity index (χ3n) is 6.67. The molecule has 1 aromatic carbocycles. The summed E-state index contributed by atoms with van der Waals surface area (Å²) in [5.74, 6) is -4.09. The molecule has 1 saturated heterocycles. The van der Waals surface area contributed by atoms with E-state index < -0.39 is 23.5 Å². The van der Waals surface area contributed by atoms with Gasteiger partial charge in [-0.1, -0.05) is 25.5 Å². The number of aromatic nitrogens is 2. The lowest BCUT2D eigenvalue weighted by molar-refractivity contribution is 0.0326. The molecule has 0 radical (unpaired) electrons. The number of anilines is 1. The van der Waals surface area contributed by atoms with E-state index in [1.807, 2.05) is 20.8 Å². The zero-order valence-electron chi connectivity index (χ0n) is 22.8. The number of nitrogens with one attached hydrogen (secondary N) is 1. The zero-order valence-corrected chi connectivity index (χ0v) is 22.8. The first kappa shape index (κ1) is 28.7. The van der Waals surface area contributed by atoms with Crippen LogP contribution >= 0.6 is 0 Å². The lowest BCUT2D eigenvalue weighted by Gasteiger charge is -2.39. The molecular formula is C28H35F3N6O. The molecule has 10 heteroatoms. The Balaban J connectivity index is 2.38. The molecule has 1 aliphatic rings. The van der Waals surface area contributed by atoms with Crippen molar-refractivity contribution in [3.63, 3.8) is 0 Å². The number of nitrogen functional groups attached to an aromatic ring is 1. The number of aliphatic imine (C=N–C) groups is 1. The van der Waals surface area contributed by atoms with E-state index in [0.717, 1.165) is 17.7 Å². The molecule has 0 aliphatic carbocycles. The molecule has 38 heavy (non-hydrogen) atoms. The van der Waals surface area contributed by atoms with Gasteiger partial charge in [0, 0.05) is 16.8 Å². The number of allylic oxidation sites excluding steroid dienone is 4. The van der Waals surface area contributed by atoms with Crippen LogP contribution < -0.4 is 21.5 Å². The van der Waals surface area contributed by atoms with E-state index in [0.29, 0.717) is 35.3 Å². The summed E-state index contributed by atoms with van der Waals surface area (Å²) in [7, 11) is 1.36. The van der Waals surface area contributed by atoms with Crippen LogP contribution in [0.15, 0.2) is 63.2 Å². The number of methoxy groups -OCH3 is 1. The number of rotatable bonds is 6. The smallest absolute Gasteiger partial charge is 0.314 e. The van der Waals surface area contributed by atoms with Crippen LogP contribution in [0.3, 0.4) is 0 Å². The SMILES string of the molecule is CC/C(C)=C(N)/N=C1\C(=C(C)C)/C(=C(/C)CC)NC(c2ccc(F)cc2-c2cnc(N)c(OC)n2)C1(F)F. The molecule has 7 nitrogen and oxygen atoms in total. The predicted molar refractivity (Wildman–Crippen MR) is 145 cm³/mol. The fourth-order valence-electron chi connectivity index (χ4n) is 4.19. The number of ether oxygens (including phenoxy) is 1. The summed E-state index contributed by atoms with van der Waals surface area (Å²) in [6.07, 6.45) is 2.48. The summed E-state index contributed by atoms with van der Waals surface area (Å²) >= 11 is 0. The molecule has 1 aromatic heterocycles. The maximum Gasteiger partial charge on any atom is 0.314 e. The van der Waals surface area contributed by atoms with Gasteiger partial charge in [0.25, 0.3) is 5.88 Å². The normalized spacial score (nSPS) is 20.1. The Labute approximate surface area is 221 Å². The molecule has 1 atom stereocenters. The Kier molecular flexibility index (Phi) is 8.54. The molecule has 0 spiro atoms. The van der Waals surface area contributed by atoms with Gasteiger partial charge in [0.1, 0.15) is 23.4 Å². The van der Waals surface area contributed by atoms with Crippen molar-refractivity contribution in [3.05, 3.63) is 69.6 Å². The van der Waals surface area contributed by atoms with Crippen molar-refractivity contribution in [2.45, 2.75) is 66.3 Å². The fourth-order valence-corrected chi connectivity index (χ4v) is 4.19. The van der Waals surface area contributed by atoms with Crippen LogP contribution in [0.25, 0.3) is 11.3 Å². The topological polar surface area (TPSA) is 111 Å². The third-order valence-corrected chi connectivity index (χ3v) is 6.67. The molecule has 2 aromatic rings. The van der Waals surface area contributed by atoms with E-state index >= 15 is 8.78 Å². The van der Waals surface area contributed by atoms with Gasteiger partial charge in [0.05, 0.1) is 19.0 Å². The van der Waals surface area contributed by atoms with Crippen molar-refractivity contribution in [3.8, 4) is 17.1 Å². The molecule has 1 fully saturated rings. The van der Waals surface area contributed by atoms with Gasteiger partial charge in [-0.25, -0.2) is 19.4 Å². The highest BCUT2D eigenvalue weighted by molar-refractivity contribution is 6.11. The van der Waals surface area contributed by atoms with Crippen LogP contribution in [-0.2, 0) is 0 Å². The number of nitrogens with zero attached hydrogens (tertiary/aromatic N) is 3. The number of piperidine rings is 1. The van der Waals surface area contributed by atoms with Gasteiger partial charge in [-0.3, -0.25) is 0 Å². The molecular weight excluding hydrogens is 493 g/mol. The molecule has 204 valence electrons. The first-order chi connectivity index (χ1) is 17.9. The van der Waals surface area contributed by atoms with Crippen molar-refractivity contribution in [2.24, 2.45) is 10.7 Å². The highest BCUT2D eigenvalue weighted by Crippen LogP contribution is 2.46. The lowest BCUT2D eigenvalue weighted by Crippen LogP contribution is -2.50. The Morgan fingerprint density at radius 3 is 2.42 bits per heavy atom. The minimum Gasteiger partial charge on any atom is -0.478 e. The molecule has 5 N–H and O–H groups in total. The molecule has 0 bridgehead atoms. The van der Waals surface area contributed by atoms with Crippen LogP contribution in [0.4, 0.5) is 19.0 Å². The van der Waals surface area contributed by atoms with E-state index in [2.05, 4.69) is 20.3 Å². The standard InChI is InChI=1S/C28H35F3N6O/c1-8-15(5)22-21(14(3)4)24(37-25(32)16(6)9-2)28(30,31)23(36-22)18-11-10-17(29)12-19(18)20-13-34-26(33)27(35-20)38-7/h10-13,23,36H,8-9,32H2,1-7H3,(H2,33,34)/b22-15+,25-16+,37-24+. The number of alkyl halides is 2. The van der Waals surface area contributed by atoms with E-state index in [1.165, 1.54) is 19.4 Å². The van der Waals surface area contributed by atoms with E-state index in [9.17, 15) is 4.39 Å². The first-order valence-corrected chi connectivity index (χ1v) is 12.4. The zero-order chi connectivity index (χ0) is 28.4. The Bertz CT molecular complexity index is 1360. The predicted octanol–water partition coefficient (Wildman–Crippen LogP) is 6.21. The van der Waals surface area contributed by atoms with Gasteiger partial charge in [-0.15, -0.1) is 0 Å². The van der Waals surface area contributed by atoms with E-state index in [4.69, 9.17) is 16.2 Å². The minimum absolute atomic E-state index is 0.00511. The van der Waals surface area contributed by atoms with Gasteiger partial charge in [-0.05, 0) is 69.4 Å². The summed E-state index contributed by atoms with van der Waals surface area (Å²) in [6, 6.07) is 1.99. The molecule has 3 rings (SSSR count). The largest absolute Gasteiger partial charge is 0.478 e. The van der Waals surface area contributed by atoms with Crippen LogP contribution in [0.5, 0.6) is 5.88 Å². The van der Waals surface area contributed by atoms with Crippen molar-refractivity contribution < 1.29 is 17.9 Å². The van der Waals surface area contributed by atoms with Crippen molar-refractivity contribution in [1.29, 1.82) is 0 Å². The van der Waals surface area contributed by atoms with Gasteiger partial charge >= 0.3 is 5.92 Å². The van der Waals surface area contributed by atoms with Crippen molar-refractivity contribution >= 4 is 11.5 Å². The third kappa shape index (κ3) is 5.39. The maximum absolute atomic E-state index is 16.6. The second kappa shape index (κ2) is 11.3. The molecule has 1 aliphatic heterocycles. The first-order valence-electron chi connectivity index (χ1n) is 12.4. The van der Waals surface area contributed by atoms with E-state index in [-0.39, 0.29) is 34.3 Å². The van der Waals surface area contributed by atoms with E-state index in [1.54, 1.807) is 20.8 Å². The van der Waals surface area contributed by atoms with Crippen LogP contribution in [0, 0.1) is 5.82 Å². The Morgan fingerprint density at radius 1 is 1.16 bits per heavy atom. The molecule has 2 heterocycles. The van der Waals surface area contributed by atoms with Crippen LogP contribution in [-0.4, -0.2) is 28.7 Å².